The number of benzene rings is 2. The lowest BCUT2D eigenvalue weighted by molar-refractivity contribution is 0.250. The quantitative estimate of drug-likeness (QED) is 0.880. The molecule has 0 saturated heterocycles. The molecule has 0 spiro atoms. The summed E-state index contributed by atoms with van der Waals surface area (Å²) in [6.07, 6.45) is 0. The van der Waals surface area contributed by atoms with E-state index in [-0.39, 0.29) is 6.61 Å². The zero-order chi connectivity index (χ0) is 14.4. The van der Waals surface area contributed by atoms with Crippen LogP contribution in [0.2, 0.25) is 0 Å². The SMILES string of the molecule is COc1ccc(CO)c(OC)c1OCc1ccccc1. The standard InChI is InChI=1S/C16H18O4/c1-18-14-9-8-13(10-17)15(19-2)16(14)20-11-12-6-4-3-5-7-12/h3-9,17H,10-11H2,1-2H3. The van der Waals surface area contributed by atoms with Crippen molar-refractivity contribution in [1.29, 1.82) is 0 Å². The predicted molar refractivity (Wildman–Crippen MR) is 76.2 cm³/mol. The van der Waals surface area contributed by atoms with Gasteiger partial charge in [0.2, 0.25) is 5.75 Å². The van der Waals surface area contributed by atoms with Gasteiger partial charge < -0.3 is 19.3 Å². The van der Waals surface area contributed by atoms with E-state index in [1.54, 1.807) is 26.4 Å². The highest BCUT2D eigenvalue weighted by atomic mass is 16.5. The number of ether oxygens (including phenoxy) is 3. The van der Waals surface area contributed by atoms with E-state index in [4.69, 9.17) is 14.2 Å². The highest BCUT2D eigenvalue weighted by Crippen LogP contribution is 2.40. The van der Waals surface area contributed by atoms with Crippen molar-refractivity contribution in [3.8, 4) is 17.2 Å². The molecule has 4 nitrogen and oxygen atoms in total. The number of hydrogen-bond acceptors (Lipinski definition) is 4. The van der Waals surface area contributed by atoms with E-state index in [9.17, 15) is 5.11 Å². The maximum atomic E-state index is 9.35. The number of aliphatic hydroxyl groups is 1. The summed E-state index contributed by atoms with van der Waals surface area (Å²) in [4.78, 5) is 0. The maximum Gasteiger partial charge on any atom is 0.204 e. The van der Waals surface area contributed by atoms with Gasteiger partial charge in [0, 0.05) is 5.56 Å². The second kappa shape index (κ2) is 6.82. The molecule has 0 aliphatic rings. The van der Waals surface area contributed by atoms with E-state index in [1.165, 1.54) is 0 Å². The predicted octanol–water partition coefficient (Wildman–Crippen LogP) is 2.78. The molecule has 2 aromatic rings. The molecule has 0 bridgehead atoms. The summed E-state index contributed by atoms with van der Waals surface area (Å²) in [5.41, 5.74) is 1.71. The summed E-state index contributed by atoms with van der Waals surface area (Å²) >= 11 is 0. The molecule has 0 heterocycles. The first kappa shape index (κ1) is 14.2. The average molecular weight is 274 g/mol. The van der Waals surface area contributed by atoms with Gasteiger partial charge in [-0.15, -0.1) is 0 Å². The Kier molecular flexibility index (Phi) is 4.85. The first-order valence-corrected chi connectivity index (χ1v) is 6.31. The van der Waals surface area contributed by atoms with Crippen molar-refractivity contribution in [2.75, 3.05) is 14.2 Å². The van der Waals surface area contributed by atoms with E-state index in [2.05, 4.69) is 0 Å². The smallest absolute Gasteiger partial charge is 0.204 e. The second-order valence-electron chi connectivity index (χ2n) is 4.22. The van der Waals surface area contributed by atoms with Crippen LogP contribution in [-0.4, -0.2) is 19.3 Å². The Morgan fingerprint density at radius 1 is 0.900 bits per heavy atom. The van der Waals surface area contributed by atoms with Crippen LogP contribution in [0.5, 0.6) is 17.2 Å². The fraction of sp³-hybridized carbons (Fsp3) is 0.250. The molecule has 0 aliphatic carbocycles. The molecular formula is C16H18O4. The molecule has 2 rings (SSSR count). The molecule has 20 heavy (non-hydrogen) atoms. The summed E-state index contributed by atoms with van der Waals surface area (Å²) in [6.45, 7) is 0.289. The summed E-state index contributed by atoms with van der Waals surface area (Å²) in [5.74, 6) is 1.59. The fourth-order valence-corrected chi connectivity index (χ4v) is 1.96. The molecule has 0 saturated carbocycles. The molecule has 106 valence electrons. The minimum atomic E-state index is -0.116. The number of hydrogen-bond donors (Lipinski definition) is 1. The van der Waals surface area contributed by atoms with Crippen LogP contribution in [0, 0.1) is 0 Å². The van der Waals surface area contributed by atoms with Crippen LogP contribution in [0.25, 0.3) is 0 Å². The molecule has 0 fully saturated rings. The van der Waals surface area contributed by atoms with E-state index in [1.807, 2.05) is 30.3 Å². The molecule has 1 N–H and O–H groups in total. The number of rotatable bonds is 6. The van der Waals surface area contributed by atoms with E-state index in [0.29, 0.717) is 29.4 Å². The molecule has 0 aromatic heterocycles. The first-order chi connectivity index (χ1) is 9.80. The van der Waals surface area contributed by atoms with E-state index < -0.39 is 0 Å². The molecule has 2 aromatic carbocycles. The molecule has 0 unspecified atom stereocenters. The van der Waals surface area contributed by atoms with Gasteiger partial charge in [0.25, 0.3) is 0 Å². The van der Waals surface area contributed by atoms with Gasteiger partial charge in [-0.1, -0.05) is 30.3 Å². The second-order valence-corrected chi connectivity index (χ2v) is 4.22. The van der Waals surface area contributed by atoms with Gasteiger partial charge in [-0.3, -0.25) is 0 Å². The lowest BCUT2D eigenvalue weighted by Crippen LogP contribution is -2.02. The Morgan fingerprint density at radius 3 is 2.25 bits per heavy atom. The minimum Gasteiger partial charge on any atom is -0.493 e. The van der Waals surface area contributed by atoms with Crippen molar-refractivity contribution in [2.45, 2.75) is 13.2 Å². The zero-order valence-electron chi connectivity index (χ0n) is 11.6. The van der Waals surface area contributed by atoms with Crippen molar-refractivity contribution in [3.63, 3.8) is 0 Å². The van der Waals surface area contributed by atoms with Crippen molar-refractivity contribution in [1.82, 2.24) is 0 Å². The van der Waals surface area contributed by atoms with Gasteiger partial charge in [-0.25, -0.2) is 0 Å². The Balaban J connectivity index is 2.28. The lowest BCUT2D eigenvalue weighted by atomic mass is 10.1. The number of aliphatic hydroxyl groups excluding tert-OH is 1. The normalized spacial score (nSPS) is 10.2. The van der Waals surface area contributed by atoms with Crippen LogP contribution in [0.3, 0.4) is 0 Å². The van der Waals surface area contributed by atoms with Crippen LogP contribution in [0.1, 0.15) is 11.1 Å². The highest BCUT2D eigenvalue weighted by molar-refractivity contribution is 5.55. The van der Waals surface area contributed by atoms with Crippen molar-refractivity contribution in [2.24, 2.45) is 0 Å². The molecule has 0 amide bonds. The Bertz CT molecular complexity index is 552. The van der Waals surface area contributed by atoms with Gasteiger partial charge >= 0.3 is 0 Å². The first-order valence-electron chi connectivity index (χ1n) is 6.31. The highest BCUT2D eigenvalue weighted by Gasteiger charge is 2.16. The van der Waals surface area contributed by atoms with Crippen LogP contribution in [0.15, 0.2) is 42.5 Å². The monoisotopic (exact) mass is 274 g/mol. The van der Waals surface area contributed by atoms with Crippen molar-refractivity contribution in [3.05, 3.63) is 53.6 Å². The molecule has 0 atom stereocenters. The summed E-state index contributed by atoms with van der Waals surface area (Å²) in [5, 5.41) is 9.35. The van der Waals surface area contributed by atoms with Crippen LogP contribution in [0.4, 0.5) is 0 Å². The van der Waals surface area contributed by atoms with Gasteiger partial charge in [0.15, 0.2) is 11.5 Å². The fourth-order valence-electron chi connectivity index (χ4n) is 1.96. The average Bonchev–Trinajstić information content (AvgIpc) is 2.52. The van der Waals surface area contributed by atoms with Crippen LogP contribution >= 0.6 is 0 Å². The Labute approximate surface area is 118 Å². The third kappa shape index (κ3) is 3.03. The zero-order valence-corrected chi connectivity index (χ0v) is 11.6. The summed E-state index contributed by atoms with van der Waals surface area (Å²) < 4.78 is 16.4. The lowest BCUT2D eigenvalue weighted by Gasteiger charge is -2.16. The molecular weight excluding hydrogens is 256 g/mol. The topological polar surface area (TPSA) is 47.9 Å². The van der Waals surface area contributed by atoms with Crippen molar-refractivity contribution < 1.29 is 19.3 Å². The largest absolute Gasteiger partial charge is 0.493 e. The minimum absolute atomic E-state index is 0.116. The summed E-state index contributed by atoms with van der Waals surface area (Å²) in [6, 6.07) is 13.3. The number of methoxy groups -OCH3 is 2. The third-order valence-corrected chi connectivity index (χ3v) is 2.98. The molecule has 0 aliphatic heterocycles. The van der Waals surface area contributed by atoms with E-state index >= 15 is 0 Å². The third-order valence-electron chi connectivity index (χ3n) is 2.98. The van der Waals surface area contributed by atoms with Gasteiger partial charge in [0.05, 0.1) is 20.8 Å². The molecule has 4 heteroatoms. The van der Waals surface area contributed by atoms with Gasteiger partial charge in [-0.05, 0) is 17.7 Å². The van der Waals surface area contributed by atoms with E-state index in [0.717, 1.165) is 5.56 Å². The van der Waals surface area contributed by atoms with Crippen LogP contribution < -0.4 is 14.2 Å². The summed E-state index contributed by atoms with van der Waals surface area (Å²) in [7, 11) is 3.12. The van der Waals surface area contributed by atoms with Crippen LogP contribution in [-0.2, 0) is 13.2 Å². The van der Waals surface area contributed by atoms with Gasteiger partial charge in [0.1, 0.15) is 6.61 Å². The maximum absolute atomic E-state index is 9.35. The Morgan fingerprint density at radius 2 is 1.65 bits per heavy atom. The molecule has 0 radical (unpaired) electrons. The van der Waals surface area contributed by atoms with Crippen molar-refractivity contribution >= 4 is 0 Å². The Hall–Kier alpha value is -2.20. The van der Waals surface area contributed by atoms with Gasteiger partial charge in [-0.2, -0.15) is 0 Å².